The van der Waals surface area contributed by atoms with Crippen LogP contribution in [0.25, 0.3) is 0 Å². The van der Waals surface area contributed by atoms with Gasteiger partial charge in [-0.05, 0) is 37.5 Å². The van der Waals surface area contributed by atoms with E-state index in [9.17, 15) is 10.2 Å². The minimum Gasteiger partial charge on any atom is -0.508 e. The molecule has 108 valence electrons. The molecule has 4 heteroatoms. The molecular weight excluding hydrogens is 242 g/mol. The number of benzene rings is 1. The Morgan fingerprint density at radius 2 is 2.05 bits per heavy atom. The Morgan fingerprint density at radius 1 is 1.37 bits per heavy atom. The molecule has 0 heterocycles. The Labute approximate surface area is 115 Å². The molecule has 0 radical (unpaired) electrons. The van der Waals surface area contributed by atoms with Crippen LogP contribution in [0.5, 0.6) is 11.5 Å². The van der Waals surface area contributed by atoms with Crippen LogP contribution < -0.4 is 10.1 Å². The first-order valence-corrected chi connectivity index (χ1v) is 6.63. The van der Waals surface area contributed by atoms with E-state index in [2.05, 4.69) is 19.2 Å². The Morgan fingerprint density at radius 3 is 2.63 bits per heavy atom. The van der Waals surface area contributed by atoms with Crippen LogP contribution in [0.15, 0.2) is 18.2 Å². The van der Waals surface area contributed by atoms with E-state index in [4.69, 9.17) is 4.74 Å². The zero-order chi connectivity index (χ0) is 14.5. The second-order valence-corrected chi connectivity index (χ2v) is 5.69. The van der Waals surface area contributed by atoms with Crippen molar-refractivity contribution in [3.63, 3.8) is 0 Å². The number of hydrogen-bond donors (Lipinski definition) is 3. The predicted molar refractivity (Wildman–Crippen MR) is 76.4 cm³/mol. The summed E-state index contributed by atoms with van der Waals surface area (Å²) in [6.07, 6.45) is 0.740. The van der Waals surface area contributed by atoms with Crippen molar-refractivity contribution >= 4 is 0 Å². The summed E-state index contributed by atoms with van der Waals surface area (Å²) in [6, 6.07) is 5.12. The number of aliphatic hydroxyl groups is 1. The summed E-state index contributed by atoms with van der Waals surface area (Å²) in [5, 5.41) is 23.1. The summed E-state index contributed by atoms with van der Waals surface area (Å²) in [4.78, 5) is 0. The number of phenols is 1. The van der Waals surface area contributed by atoms with Gasteiger partial charge < -0.3 is 20.3 Å². The van der Waals surface area contributed by atoms with Crippen molar-refractivity contribution in [3.8, 4) is 11.5 Å². The van der Waals surface area contributed by atoms with Crippen LogP contribution in [0, 0.1) is 5.92 Å². The molecule has 0 aliphatic heterocycles. The molecule has 4 nitrogen and oxygen atoms in total. The highest BCUT2D eigenvalue weighted by molar-refractivity contribution is 5.39. The first kappa shape index (κ1) is 15.8. The highest BCUT2D eigenvalue weighted by Crippen LogP contribution is 2.23. The number of phenolic OH excluding ortho intramolecular Hbond substituents is 1. The third-order valence-corrected chi connectivity index (χ3v) is 2.96. The summed E-state index contributed by atoms with van der Waals surface area (Å²) < 4.78 is 5.12. The van der Waals surface area contributed by atoms with Crippen molar-refractivity contribution in [2.45, 2.75) is 39.3 Å². The lowest BCUT2D eigenvalue weighted by Gasteiger charge is -2.25. The van der Waals surface area contributed by atoms with Crippen molar-refractivity contribution in [3.05, 3.63) is 23.8 Å². The minimum absolute atomic E-state index is 0.233. The van der Waals surface area contributed by atoms with E-state index in [1.54, 1.807) is 25.3 Å². The van der Waals surface area contributed by atoms with E-state index >= 15 is 0 Å². The number of ether oxygens (including phenoxy) is 1. The molecule has 0 aromatic heterocycles. The van der Waals surface area contributed by atoms with Gasteiger partial charge in [0.25, 0.3) is 0 Å². The van der Waals surface area contributed by atoms with Crippen molar-refractivity contribution in [2.75, 3.05) is 13.7 Å². The van der Waals surface area contributed by atoms with Crippen LogP contribution in [0.3, 0.4) is 0 Å². The van der Waals surface area contributed by atoms with Crippen molar-refractivity contribution in [1.29, 1.82) is 0 Å². The van der Waals surface area contributed by atoms with Gasteiger partial charge in [0.1, 0.15) is 11.5 Å². The summed E-state index contributed by atoms with van der Waals surface area (Å²) >= 11 is 0. The molecule has 19 heavy (non-hydrogen) atoms. The van der Waals surface area contributed by atoms with Gasteiger partial charge in [-0.2, -0.15) is 0 Å². The van der Waals surface area contributed by atoms with E-state index in [0.717, 1.165) is 12.0 Å². The quantitative estimate of drug-likeness (QED) is 0.709. The lowest BCUT2D eigenvalue weighted by molar-refractivity contribution is 0.0383. The van der Waals surface area contributed by atoms with Crippen LogP contribution in [0.1, 0.15) is 32.8 Å². The Hall–Kier alpha value is -1.26. The van der Waals surface area contributed by atoms with E-state index in [1.165, 1.54) is 0 Å². The van der Waals surface area contributed by atoms with E-state index in [-0.39, 0.29) is 5.75 Å². The minimum atomic E-state index is -0.733. The smallest absolute Gasteiger partial charge is 0.120 e. The fourth-order valence-electron chi connectivity index (χ4n) is 2.25. The van der Waals surface area contributed by atoms with Crippen molar-refractivity contribution < 1.29 is 14.9 Å². The number of aromatic hydroxyl groups is 1. The highest BCUT2D eigenvalue weighted by atomic mass is 16.5. The maximum absolute atomic E-state index is 10.2. The fourth-order valence-corrected chi connectivity index (χ4v) is 2.25. The maximum Gasteiger partial charge on any atom is 0.120 e. The van der Waals surface area contributed by atoms with Gasteiger partial charge in [-0.1, -0.05) is 13.8 Å². The third-order valence-electron chi connectivity index (χ3n) is 2.96. The molecule has 0 aliphatic carbocycles. The Kier molecular flexibility index (Phi) is 5.63. The molecule has 1 aromatic rings. The van der Waals surface area contributed by atoms with E-state index in [0.29, 0.717) is 24.8 Å². The highest BCUT2D eigenvalue weighted by Gasteiger charge is 2.21. The maximum atomic E-state index is 10.2. The van der Waals surface area contributed by atoms with Crippen molar-refractivity contribution in [2.24, 2.45) is 5.92 Å². The van der Waals surface area contributed by atoms with E-state index < -0.39 is 5.60 Å². The third kappa shape index (κ3) is 5.49. The summed E-state index contributed by atoms with van der Waals surface area (Å²) in [6.45, 7) is 6.98. The first-order chi connectivity index (χ1) is 8.84. The molecule has 1 unspecified atom stereocenters. The van der Waals surface area contributed by atoms with Gasteiger partial charge in [-0.15, -0.1) is 0 Å². The summed E-state index contributed by atoms with van der Waals surface area (Å²) in [7, 11) is 1.59. The van der Waals surface area contributed by atoms with Gasteiger partial charge in [0.05, 0.1) is 12.7 Å². The molecule has 1 atom stereocenters. The summed E-state index contributed by atoms with van der Waals surface area (Å²) in [5.41, 5.74) is 0.0301. The SMILES string of the molecule is COc1ccc(O)c(CNCC(C)(O)CC(C)C)c1. The van der Waals surface area contributed by atoms with Crippen LogP contribution >= 0.6 is 0 Å². The second-order valence-electron chi connectivity index (χ2n) is 5.69. The molecule has 1 aromatic carbocycles. The van der Waals surface area contributed by atoms with Crippen molar-refractivity contribution in [1.82, 2.24) is 5.32 Å². The first-order valence-electron chi connectivity index (χ1n) is 6.63. The monoisotopic (exact) mass is 267 g/mol. The zero-order valence-electron chi connectivity index (χ0n) is 12.2. The largest absolute Gasteiger partial charge is 0.508 e. The average Bonchev–Trinajstić information content (AvgIpc) is 2.29. The second kappa shape index (κ2) is 6.78. The predicted octanol–water partition coefficient (Wildman–Crippen LogP) is 2.29. The van der Waals surface area contributed by atoms with Gasteiger partial charge in [-0.25, -0.2) is 0 Å². The lowest BCUT2D eigenvalue weighted by Crippen LogP contribution is -2.38. The molecular formula is C15H25NO3. The number of methoxy groups -OCH3 is 1. The molecule has 0 saturated carbocycles. The van der Waals surface area contributed by atoms with Gasteiger partial charge in [-0.3, -0.25) is 0 Å². The van der Waals surface area contributed by atoms with Crippen LogP contribution in [0.2, 0.25) is 0 Å². The molecule has 0 bridgehead atoms. The van der Waals surface area contributed by atoms with E-state index in [1.807, 2.05) is 6.92 Å². The molecule has 1 rings (SSSR count). The normalized spacial score (nSPS) is 14.4. The number of nitrogens with one attached hydrogen (secondary N) is 1. The standard InChI is InChI=1S/C15H25NO3/c1-11(2)8-15(3,18)10-16-9-12-7-13(19-4)5-6-14(12)17/h5-7,11,16-18H,8-10H2,1-4H3. The number of rotatable bonds is 7. The molecule has 0 amide bonds. The number of hydrogen-bond acceptors (Lipinski definition) is 4. The van der Waals surface area contributed by atoms with Crippen LogP contribution in [0.4, 0.5) is 0 Å². The molecule has 0 aliphatic rings. The van der Waals surface area contributed by atoms with Crippen LogP contribution in [-0.4, -0.2) is 29.5 Å². The molecule has 0 spiro atoms. The fraction of sp³-hybridized carbons (Fsp3) is 0.600. The lowest BCUT2D eigenvalue weighted by atomic mass is 9.94. The van der Waals surface area contributed by atoms with Gasteiger partial charge in [0.15, 0.2) is 0 Å². The summed E-state index contributed by atoms with van der Waals surface area (Å²) in [5.74, 6) is 1.39. The zero-order valence-corrected chi connectivity index (χ0v) is 12.2. The van der Waals surface area contributed by atoms with Crippen LogP contribution in [-0.2, 0) is 6.54 Å². The molecule has 3 N–H and O–H groups in total. The van der Waals surface area contributed by atoms with Gasteiger partial charge >= 0.3 is 0 Å². The molecule has 0 saturated heterocycles. The molecule has 0 fully saturated rings. The van der Waals surface area contributed by atoms with Gasteiger partial charge in [0.2, 0.25) is 0 Å². The topological polar surface area (TPSA) is 61.7 Å². The Balaban J connectivity index is 2.53. The van der Waals surface area contributed by atoms with Gasteiger partial charge in [0, 0.05) is 18.7 Å². The Bertz CT molecular complexity index is 402. The average molecular weight is 267 g/mol.